The van der Waals surface area contributed by atoms with Crippen molar-refractivity contribution in [3.05, 3.63) is 149 Å². The van der Waals surface area contributed by atoms with Gasteiger partial charge in [-0.05, 0) is 82.5 Å². The molecule has 260 valence electrons. The molecule has 0 aromatic heterocycles. The molecule has 50 heavy (non-hydrogen) atoms. The standard InChI is InChI=1S/C42H45NO7/c1-46-33-21-17-31(18-22-33)42(30-11-4-3-5-12-30,32-19-23-34(47-2)24-20-32)50-28-35(27-44)48-26-10-25-43-41(45)49-29-40-38-15-8-6-13-36(38)37-14-7-9-16-39(37)40/h3-6,8-9,11-13,15-24,35,40,44H,7,10,14,25-29H2,1-2H3,(H,43,45). The first-order valence-corrected chi connectivity index (χ1v) is 17.2. The molecule has 8 nitrogen and oxygen atoms in total. The van der Waals surface area contributed by atoms with Gasteiger partial charge in [-0.1, -0.05) is 91.0 Å². The zero-order valence-electron chi connectivity index (χ0n) is 28.7. The zero-order valence-corrected chi connectivity index (χ0v) is 28.7. The van der Waals surface area contributed by atoms with Crippen molar-refractivity contribution in [3.63, 3.8) is 0 Å². The van der Waals surface area contributed by atoms with Crippen LogP contribution in [0, 0.1) is 0 Å². The number of rotatable bonds is 16. The van der Waals surface area contributed by atoms with Crippen LogP contribution in [0.2, 0.25) is 0 Å². The molecule has 0 saturated carbocycles. The lowest BCUT2D eigenvalue weighted by molar-refractivity contribution is -0.0810. The number of allylic oxidation sites excluding steroid dienone is 3. The van der Waals surface area contributed by atoms with Crippen molar-refractivity contribution in [1.29, 1.82) is 0 Å². The average Bonchev–Trinajstić information content (AvgIpc) is 3.50. The third-order valence-corrected chi connectivity index (χ3v) is 9.43. The zero-order chi connectivity index (χ0) is 34.8. The molecule has 0 radical (unpaired) electrons. The summed E-state index contributed by atoms with van der Waals surface area (Å²) in [6.45, 7) is 0.848. The molecule has 0 heterocycles. The molecule has 4 aromatic carbocycles. The number of hydrogen-bond donors (Lipinski definition) is 2. The normalized spacial score (nSPS) is 15.6. The Morgan fingerprint density at radius 2 is 1.50 bits per heavy atom. The number of methoxy groups -OCH3 is 2. The summed E-state index contributed by atoms with van der Waals surface area (Å²) in [5.74, 6) is 1.52. The molecule has 0 saturated heterocycles. The molecular weight excluding hydrogens is 630 g/mol. The number of benzene rings is 4. The van der Waals surface area contributed by atoms with Crippen LogP contribution in [0.5, 0.6) is 11.5 Å². The van der Waals surface area contributed by atoms with Gasteiger partial charge in [-0.25, -0.2) is 4.79 Å². The number of aliphatic hydroxyl groups excluding tert-OH is 1. The van der Waals surface area contributed by atoms with Crippen molar-refractivity contribution in [2.24, 2.45) is 0 Å². The van der Waals surface area contributed by atoms with E-state index in [0.717, 1.165) is 41.0 Å². The first-order valence-electron chi connectivity index (χ1n) is 17.2. The van der Waals surface area contributed by atoms with Gasteiger partial charge in [-0.2, -0.15) is 0 Å². The summed E-state index contributed by atoms with van der Waals surface area (Å²) < 4.78 is 29.5. The molecular formula is C42H45NO7. The monoisotopic (exact) mass is 675 g/mol. The minimum atomic E-state index is -1.02. The third-order valence-electron chi connectivity index (χ3n) is 9.43. The number of ether oxygens (including phenoxy) is 5. The van der Waals surface area contributed by atoms with Gasteiger partial charge >= 0.3 is 6.09 Å². The van der Waals surface area contributed by atoms with Crippen LogP contribution in [0.25, 0.3) is 5.57 Å². The predicted octanol–water partition coefficient (Wildman–Crippen LogP) is 7.41. The molecule has 2 aliphatic carbocycles. The largest absolute Gasteiger partial charge is 0.497 e. The molecule has 0 aliphatic heterocycles. The Morgan fingerprint density at radius 1 is 0.860 bits per heavy atom. The van der Waals surface area contributed by atoms with E-state index in [2.05, 4.69) is 35.7 Å². The second-order valence-electron chi connectivity index (χ2n) is 12.4. The summed E-state index contributed by atoms with van der Waals surface area (Å²) in [4.78, 5) is 12.6. The van der Waals surface area contributed by atoms with Crippen molar-refractivity contribution >= 4 is 11.7 Å². The first-order chi connectivity index (χ1) is 24.6. The highest BCUT2D eigenvalue weighted by Crippen LogP contribution is 2.46. The highest BCUT2D eigenvalue weighted by molar-refractivity contribution is 5.81. The lowest BCUT2D eigenvalue weighted by atomic mass is 9.80. The van der Waals surface area contributed by atoms with E-state index in [1.165, 1.54) is 22.3 Å². The Kier molecular flexibility index (Phi) is 11.7. The number of nitrogens with one attached hydrogen (secondary N) is 1. The van der Waals surface area contributed by atoms with E-state index in [1.54, 1.807) is 14.2 Å². The van der Waals surface area contributed by atoms with Gasteiger partial charge in [0.1, 0.15) is 29.8 Å². The van der Waals surface area contributed by atoms with E-state index < -0.39 is 17.8 Å². The van der Waals surface area contributed by atoms with E-state index >= 15 is 0 Å². The molecule has 0 fully saturated rings. The van der Waals surface area contributed by atoms with Gasteiger partial charge in [0.2, 0.25) is 0 Å². The Labute approximate surface area is 294 Å². The summed E-state index contributed by atoms with van der Waals surface area (Å²) in [6.07, 6.45) is 5.91. The van der Waals surface area contributed by atoms with Gasteiger partial charge < -0.3 is 34.1 Å². The number of alkyl carbamates (subject to hydrolysis) is 1. The van der Waals surface area contributed by atoms with Crippen LogP contribution in [0.1, 0.15) is 53.0 Å². The van der Waals surface area contributed by atoms with E-state index in [9.17, 15) is 9.90 Å². The summed E-state index contributed by atoms with van der Waals surface area (Å²) in [5.41, 5.74) is 6.79. The van der Waals surface area contributed by atoms with Gasteiger partial charge in [0.15, 0.2) is 0 Å². The molecule has 4 aromatic rings. The maximum atomic E-state index is 12.6. The van der Waals surface area contributed by atoms with E-state index in [1.807, 2.05) is 84.9 Å². The first kappa shape index (κ1) is 35.0. The van der Waals surface area contributed by atoms with Crippen LogP contribution in [0.3, 0.4) is 0 Å². The van der Waals surface area contributed by atoms with Crippen LogP contribution in [-0.4, -0.2) is 64.5 Å². The Morgan fingerprint density at radius 3 is 2.16 bits per heavy atom. The Hall–Kier alpha value is -4.89. The van der Waals surface area contributed by atoms with E-state index in [-0.39, 0.29) is 25.7 Å². The summed E-state index contributed by atoms with van der Waals surface area (Å²) in [5, 5.41) is 13.1. The molecule has 1 amide bonds. The van der Waals surface area contributed by atoms with Crippen LogP contribution in [0.15, 0.2) is 121 Å². The van der Waals surface area contributed by atoms with Crippen LogP contribution >= 0.6 is 0 Å². The quantitative estimate of drug-likeness (QED) is 0.0944. The maximum absolute atomic E-state index is 12.6. The highest BCUT2D eigenvalue weighted by Gasteiger charge is 2.38. The van der Waals surface area contributed by atoms with Gasteiger partial charge in [0.05, 0.1) is 27.4 Å². The number of amides is 1. The smallest absolute Gasteiger partial charge is 0.407 e. The van der Waals surface area contributed by atoms with E-state index in [0.29, 0.717) is 19.6 Å². The SMILES string of the molecule is COc1ccc(C(OCC(CO)OCCCNC(=O)OCC2C3=C(CCC=C3)c3ccccc32)(c2ccccc2)c2ccc(OC)cc2)cc1. The predicted molar refractivity (Wildman–Crippen MR) is 194 cm³/mol. The van der Waals surface area contributed by atoms with Crippen LogP contribution in [0.4, 0.5) is 4.79 Å². The lowest BCUT2D eigenvalue weighted by Crippen LogP contribution is -2.37. The van der Waals surface area contributed by atoms with Crippen molar-refractivity contribution in [2.45, 2.75) is 36.9 Å². The molecule has 2 unspecified atom stereocenters. The molecule has 0 bridgehead atoms. The Balaban J connectivity index is 1.06. The number of carbonyl (C=O) groups excluding carboxylic acids is 1. The molecule has 6 rings (SSSR count). The van der Waals surface area contributed by atoms with Crippen molar-refractivity contribution in [2.75, 3.05) is 47.2 Å². The second kappa shape index (κ2) is 16.7. The van der Waals surface area contributed by atoms with Gasteiger partial charge in [0.25, 0.3) is 0 Å². The van der Waals surface area contributed by atoms with Crippen molar-refractivity contribution in [1.82, 2.24) is 5.32 Å². The number of aliphatic hydroxyl groups is 1. The van der Waals surface area contributed by atoms with E-state index in [4.69, 9.17) is 23.7 Å². The minimum absolute atomic E-state index is 0.0518. The summed E-state index contributed by atoms with van der Waals surface area (Å²) >= 11 is 0. The van der Waals surface area contributed by atoms with Crippen molar-refractivity contribution in [3.8, 4) is 11.5 Å². The average molecular weight is 676 g/mol. The molecule has 0 spiro atoms. The highest BCUT2D eigenvalue weighted by atomic mass is 16.6. The van der Waals surface area contributed by atoms with Crippen LogP contribution < -0.4 is 14.8 Å². The van der Waals surface area contributed by atoms with Gasteiger partial charge in [0, 0.05) is 19.1 Å². The van der Waals surface area contributed by atoms with Crippen LogP contribution in [-0.2, 0) is 19.8 Å². The minimum Gasteiger partial charge on any atom is -0.497 e. The molecule has 2 atom stereocenters. The topological polar surface area (TPSA) is 95.5 Å². The maximum Gasteiger partial charge on any atom is 0.407 e. The fraction of sp³-hybridized carbons (Fsp3) is 0.310. The van der Waals surface area contributed by atoms with Gasteiger partial charge in [-0.15, -0.1) is 0 Å². The summed E-state index contributed by atoms with van der Waals surface area (Å²) in [6, 6.07) is 34.0. The number of hydrogen-bond acceptors (Lipinski definition) is 7. The number of fused-ring (bicyclic) bond motifs is 2. The van der Waals surface area contributed by atoms with Gasteiger partial charge in [-0.3, -0.25) is 0 Å². The Bertz CT molecular complexity index is 1720. The van der Waals surface area contributed by atoms with Crippen molar-refractivity contribution < 1.29 is 33.6 Å². The fourth-order valence-electron chi connectivity index (χ4n) is 6.89. The lowest BCUT2D eigenvalue weighted by Gasteiger charge is -2.37. The summed E-state index contributed by atoms with van der Waals surface area (Å²) in [7, 11) is 3.27. The second-order valence-corrected chi connectivity index (χ2v) is 12.4. The molecule has 8 heteroatoms. The molecule has 2 N–H and O–H groups in total. The third kappa shape index (κ3) is 7.63. The number of carbonyl (C=O) groups is 1. The fourth-order valence-corrected chi connectivity index (χ4v) is 6.89. The molecule has 2 aliphatic rings.